The predicted octanol–water partition coefficient (Wildman–Crippen LogP) is 0.498. The normalized spacial score (nSPS) is 19.1. The molecule has 0 aromatic rings. The molecule has 0 bridgehead atoms. The van der Waals surface area contributed by atoms with Crippen molar-refractivity contribution in [3.05, 3.63) is 0 Å². The Bertz CT molecular complexity index is 250. The summed E-state index contributed by atoms with van der Waals surface area (Å²) in [7, 11) is 0. The first-order chi connectivity index (χ1) is 7.59. The van der Waals surface area contributed by atoms with Crippen LogP contribution in [0.15, 0.2) is 0 Å². The van der Waals surface area contributed by atoms with Crippen LogP contribution in [0.5, 0.6) is 0 Å². The monoisotopic (exact) mass is 228 g/mol. The average molecular weight is 228 g/mol. The van der Waals surface area contributed by atoms with Crippen LogP contribution in [-0.4, -0.2) is 35.6 Å². The van der Waals surface area contributed by atoms with Crippen LogP contribution in [0.1, 0.15) is 39.0 Å². The predicted molar refractivity (Wildman–Crippen MR) is 60.1 cm³/mol. The summed E-state index contributed by atoms with van der Waals surface area (Å²) in [6.45, 7) is 1.60. The number of carbonyl (C=O) groups excluding carboxylic acids is 1. The van der Waals surface area contributed by atoms with Gasteiger partial charge in [-0.05, 0) is 19.8 Å². The van der Waals surface area contributed by atoms with Crippen molar-refractivity contribution in [3.63, 3.8) is 0 Å². The van der Waals surface area contributed by atoms with Crippen molar-refractivity contribution >= 4 is 11.9 Å². The van der Waals surface area contributed by atoms with E-state index in [1.807, 2.05) is 0 Å². The Morgan fingerprint density at radius 3 is 2.50 bits per heavy atom. The van der Waals surface area contributed by atoms with Crippen LogP contribution in [-0.2, 0) is 9.59 Å². The SMILES string of the molecule is C[C@H](NCC(=O)NC1CCCCC1)C(=O)O. The van der Waals surface area contributed by atoms with Crippen LogP contribution in [0.25, 0.3) is 0 Å². The fraction of sp³-hybridized carbons (Fsp3) is 0.818. The summed E-state index contributed by atoms with van der Waals surface area (Å²) in [5.41, 5.74) is 0. The summed E-state index contributed by atoms with van der Waals surface area (Å²) in [5.74, 6) is -1.05. The lowest BCUT2D eigenvalue weighted by Gasteiger charge is -2.23. The zero-order valence-corrected chi connectivity index (χ0v) is 9.66. The summed E-state index contributed by atoms with van der Waals surface area (Å²) < 4.78 is 0. The minimum Gasteiger partial charge on any atom is -0.480 e. The molecule has 92 valence electrons. The van der Waals surface area contributed by atoms with E-state index in [1.54, 1.807) is 0 Å². The molecule has 0 spiro atoms. The molecule has 1 fully saturated rings. The van der Waals surface area contributed by atoms with Gasteiger partial charge in [-0.15, -0.1) is 0 Å². The van der Waals surface area contributed by atoms with Crippen molar-refractivity contribution in [2.24, 2.45) is 0 Å². The van der Waals surface area contributed by atoms with Crippen LogP contribution < -0.4 is 10.6 Å². The Balaban J connectivity index is 2.17. The maximum Gasteiger partial charge on any atom is 0.320 e. The second kappa shape index (κ2) is 6.48. The van der Waals surface area contributed by atoms with E-state index in [-0.39, 0.29) is 18.5 Å². The van der Waals surface area contributed by atoms with Crippen LogP contribution in [0.2, 0.25) is 0 Å². The fourth-order valence-corrected chi connectivity index (χ4v) is 1.86. The van der Waals surface area contributed by atoms with Crippen LogP contribution in [0.4, 0.5) is 0 Å². The molecule has 5 heteroatoms. The highest BCUT2D eigenvalue weighted by Gasteiger charge is 2.16. The lowest BCUT2D eigenvalue weighted by atomic mass is 9.95. The van der Waals surface area contributed by atoms with E-state index >= 15 is 0 Å². The number of nitrogens with one attached hydrogen (secondary N) is 2. The molecule has 1 atom stereocenters. The van der Waals surface area contributed by atoms with Gasteiger partial charge in [-0.1, -0.05) is 19.3 Å². The first kappa shape index (κ1) is 13.0. The number of rotatable bonds is 5. The average Bonchev–Trinajstić information content (AvgIpc) is 2.27. The minimum absolute atomic E-state index is 0.0734. The molecule has 0 aromatic carbocycles. The lowest BCUT2D eigenvalue weighted by Crippen LogP contribution is -2.45. The number of hydrogen-bond acceptors (Lipinski definition) is 3. The molecule has 1 aliphatic carbocycles. The molecule has 16 heavy (non-hydrogen) atoms. The van der Waals surface area contributed by atoms with E-state index in [0.717, 1.165) is 12.8 Å². The van der Waals surface area contributed by atoms with Crippen LogP contribution in [0, 0.1) is 0 Å². The third kappa shape index (κ3) is 4.61. The topological polar surface area (TPSA) is 78.4 Å². The second-order valence-corrected chi connectivity index (χ2v) is 4.34. The van der Waals surface area contributed by atoms with E-state index in [4.69, 9.17) is 5.11 Å². The molecule has 5 nitrogen and oxygen atoms in total. The largest absolute Gasteiger partial charge is 0.480 e. The molecule has 0 heterocycles. The first-order valence-electron chi connectivity index (χ1n) is 5.85. The van der Waals surface area contributed by atoms with E-state index in [0.29, 0.717) is 0 Å². The molecule has 0 aliphatic heterocycles. The molecular formula is C11H20N2O3. The fourth-order valence-electron chi connectivity index (χ4n) is 1.86. The Morgan fingerprint density at radius 1 is 1.31 bits per heavy atom. The van der Waals surface area contributed by atoms with Crippen molar-refractivity contribution in [2.75, 3.05) is 6.54 Å². The van der Waals surface area contributed by atoms with Gasteiger partial charge < -0.3 is 10.4 Å². The van der Waals surface area contributed by atoms with Gasteiger partial charge in [0.05, 0.1) is 6.54 Å². The molecule has 0 aromatic heterocycles. The van der Waals surface area contributed by atoms with Crippen molar-refractivity contribution in [2.45, 2.75) is 51.1 Å². The number of carbonyl (C=O) groups is 2. The zero-order chi connectivity index (χ0) is 12.0. The van der Waals surface area contributed by atoms with E-state index in [9.17, 15) is 9.59 Å². The van der Waals surface area contributed by atoms with Gasteiger partial charge >= 0.3 is 5.97 Å². The summed E-state index contributed by atoms with van der Waals surface area (Å²) in [4.78, 5) is 22.0. The highest BCUT2D eigenvalue weighted by molar-refractivity contribution is 5.80. The van der Waals surface area contributed by atoms with Crippen LogP contribution >= 0.6 is 0 Å². The number of carboxylic acid groups (broad SMARTS) is 1. The van der Waals surface area contributed by atoms with Gasteiger partial charge in [-0.25, -0.2) is 0 Å². The van der Waals surface area contributed by atoms with Gasteiger partial charge in [0.2, 0.25) is 5.91 Å². The number of amides is 1. The number of carboxylic acids is 1. The maximum absolute atomic E-state index is 11.5. The first-order valence-corrected chi connectivity index (χ1v) is 5.85. The smallest absolute Gasteiger partial charge is 0.320 e. The standard InChI is InChI=1S/C11H20N2O3/c1-8(11(15)16)12-7-10(14)13-9-5-3-2-4-6-9/h8-9,12H,2-7H2,1H3,(H,13,14)(H,15,16)/t8-/m0/s1. The van der Waals surface area contributed by atoms with Crippen molar-refractivity contribution < 1.29 is 14.7 Å². The Morgan fingerprint density at radius 2 is 1.94 bits per heavy atom. The van der Waals surface area contributed by atoms with Gasteiger partial charge in [0.15, 0.2) is 0 Å². The highest BCUT2D eigenvalue weighted by atomic mass is 16.4. The lowest BCUT2D eigenvalue weighted by molar-refractivity contribution is -0.139. The van der Waals surface area contributed by atoms with Gasteiger partial charge in [0, 0.05) is 6.04 Å². The molecular weight excluding hydrogens is 208 g/mol. The molecule has 0 radical (unpaired) electrons. The molecule has 1 rings (SSSR count). The Hall–Kier alpha value is -1.10. The zero-order valence-electron chi connectivity index (χ0n) is 9.66. The van der Waals surface area contributed by atoms with Gasteiger partial charge in [-0.3, -0.25) is 14.9 Å². The summed E-state index contributed by atoms with van der Waals surface area (Å²) in [6, 6.07) is -0.403. The van der Waals surface area contributed by atoms with Gasteiger partial charge in [-0.2, -0.15) is 0 Å². The molecule has 0 unspecified atom stereocenters. The van der Waals surface area contributed by atoms with E-state index < -0.39 is 12.0 Å². The highest BCUT2D eigenvalue weighted by Crippen LogP contribution is 2.16. The molecule has 1 saturated carbocycles. The molecule has 3 N–H and O–H groups in total. The van der Waals surface area contributed by atoms with Crippen molar-refractivity contribution in [1.82, 2.24) is 10.6 Å². The summed E-state index contributed by atoms with van der Waals surface area (Å²) in [5, 5.41) is 14.2. The van der Waals surface area contributed by atoms with Crippen molar-refractivity contribution in [3.8, 4) is 0 Å². The summed E-state index contributed by atoms with van der Waals surface area (Å²) in [6.07, 6.45) is 5.68. The Labute approximate surface area is 95.6 Å². The quantitative estimate of drug-likeness (QED) is 0.640. The second-order valence-electron chi connectivity index (χ2n) is 4.34. The third-order valence-electron chi connectivity index (χ3n) is 2.91. The third-order valence-corrected chi connectivity index (χ3v) is 2.91. The molecule has 1 amide bonds. The molecule has 1 aliphatic rings. The maximum atomic E-state index is 11.5. The van der Waals surface area contributed by atoms with Crippen molar-refractivity contribution in [1.29, 1.82) is 0 Å². The molecule has 0 saturated heterocycles. The van der Waals surface area contributed by atoms with Crippen LogP contribution in [0.3, 0.4) is 0 Å². The van der Waals surface area contributed by atoms with E-state index in [2.05, 4.69) is 10.6 Å². The number of hydrogen-bond donors (Lipinski definition) is 3. The van der Waals surface area contributed by atoms with E-state index in [1.165, 1.54) is 26.2 Å². The number of aliphatic carboxylic acids is 1. The van der Waals surface area contributed by atoms with Gasteiger partial charge in [0.25, 0.3) is 0 Å². The van der Waals surface area contributed by atoms with Gasteiger partial charge in [0.1, 0.15) is 6.04 Å². The Kier molecular flexibility index (Phi) is 5.25. The minimum atomic E-state index is -0.939. The summed E-state index contributed by atoms with van der Waals surface area (Å²) >= 11 is 0.